The van der Waals surface area contributed by atoms with Crippen LogP contribution in [0.15, 0.2) is 60.7 Å². The first-order valence-electron chi connectivity index (χ1n) is 16.9. The number of benzene rings is 2. The lowest BCUT2D eigenvalue weighted by Crippen LogP contribution is -2.43. The summed E-state index contributed by atoms with van der Waals surface area (Å²) in [7, 11) is -5.00. The van der Waals surface area contributed by atoms with Crippen molar-refractivity contribution in [2.45, 2.75) is 99.6 Å². The second-order valence-electron chi connectivity index (χ2n) is 13.3. The Labute approximate surface area is 304 Å². The molecule has 6 N–H and O–H groups in total. The van der Waals surface area contributed by atoms with Gasteiger partial charge < -0.3 is 29.5 Å². The Morgan fingerprint density at radius 3 is 1.08 bits per heavy atom. The smallest absolute Gasteiger partial charge is 0.394 e. The van der Waals surface area contributed by atoms with Crippen LogP contribution in [-0.4, -0.2) is 131 Å². The number of piperidine rings is 2. The van der Waals surface area contributed by atoms with Crippen molar-refractivity contribution in [2.24, 2.45) is 0 Å². The molecule has 292 valence electrons. The molecule has 18 heteroatoms. The maximum absolute atomic E-state index is 12.4. The molecule has 4 aliphatic heterocycles. The van der Waals surface area contributed by atoms with Gasteiger partial charge in [0.25, 0.3) is 0 Å². The SMILES string of the molecule is CN1[C@@H]2CC[C@H]1CC(OC(=O)C(CO)c1ccccc1)C2.CN1[C@@H]2CC[C@H]1CC(OC(=O)C(CO)c1ccccc1)C2.O=S(=O)(O)O.O=S(=O)(O)O. The summed E-state index contributed by atoms with van der Waals surface area (Å²) in [5.74, 6) is -1.72. The van der Waals surface area contributed by atoms with Gasteiger partial charge in [-0.25, -0.2) is 0 Å². The monoisotopic (exact) mass is 774 g/mol. The Morgan fingerprint density at radius 1 is 0.596 bits per heavy atom. The van der Waals surface area contributed by atoms with Gasteiger partial charge in [-0.05, 0) is 76.6 Å². The van der Waals surface area contributed by atoms with Gasteiger partial charge in [0.15, 0.2) is 0 Å². The van der Waals surface area contributed by atoms with E-state index in [1.54, 1.807) is 0 Å². The van der Waals surface area contributed by atoms with Crippen molar-refractivity contribution in [2.75, 3.05) is 27.3 Å². The number of nitrogens with zero attached hydrogens (tertiary/aromatic N) is 2. The van der Waals surface area contributed by atoms with E-state index in [9.17, 15) is 19.8 Å². The van der Waals surface area contributed by atoms with E-state index in [2.05, 4.69) is 23.9 Å². The molecule has 0 aromatic heterocycles. The molecule has 2 aromatic rings. The number of esters is 2. The third-order valence-electron chi connectivity index (χ3n) is 10.0. The van der Waals surface area contributed by atoms with E-state index in [1.807, 2.05) is 60.7 Å². The average Bonchev–Trinajstić information content (AvgIpc) is 3.37. The zero-order valence-corrected chi connectivity index (χ0v) is 30.8. The maximum atomic E-state index is 12.4. The Morgan fingerprint density at radius 2 is 0.846 bits per heavy atom. The van der Waals surface area contributed by atoms with Gasteiger partial charge >= 0.3 is 32.7 Å². The molecule has 4 unspecified atom stereocenters. The zero-order valence-electron chi connectivity index (χ0n) is 29.1. The molecule has 2 aromatic carbocycles. The number of carbonyl (C=O) groups excluding carboxylic acids is 2. The van der Waals surface area contributed by atoms with Crippen molar-refractivity contribution < 1.29 is 64.3 Å². The minimum absolute atomic E-state index is 0.00367. The van der Waals surface area contributed by atoms with Crippen LogP contribution in [0.1, 0.15) is 74.3 Å². The summed E-state index contributed by atoms with van der Waals surface area (Å²) in [6.45, 7) is -0.412. The standard InChI is InChI=1S/2C17H23NO3.2H2O4S/c2*1-18-13-7-8-14(18)10-15(9-13)21-17(20)16(11-19)12-5-3-2-4-6-12;2*1-5(2,3)4/h2*2-6,13-16,19H,7-11H2,1H3;2*(H2,1,2,3,4)/t2*13-,14+,15?,16?;;. The molecule has 52 heavy (non-hydrogen) atoms. The van der Waals surface area contributed by atoms with Gasteiger partial charge in [0.2, 0.25) is 0 Å². The molecular formula is C34H50N2O14S2. The molecule has 0 spiro atoms. The third-order valence-corrected chi connectivity index (χ3v) is 10.0. The first-order valence-corrected chi connectivity index (χ1v) is 19.7. The minimum Gasteiger partial charge on any atom is -0.462 e. The largest absolute Gasteiger partial charge is 0.462 e. The molecule has 16 nitrogen and oxygen atoms in total. The van der Waals surface area contributed by atoms with Crippen molar-refractivity contribution in [3.05, 3.63) is 71.8 Å². The molecule has 0 saturated carbocycles. The fraction of sp³-hybridized carbons (Fsp3) is 0.588. The van der Waals surface area contributed by atoms with Gasteiger partial charge in [-0.1, -0.05) is 60.7 Å². The van der Waals surface area contributed by atoms with Crippen molar-refractivity contribution in [1.82, 2.24) is 9.80 Å². The Bertz CT molecular complexity index is 1470. The molecule has 4 heterocycles. The lowest BCUT2D eigenvalue weighted by molar-refractivity contribution is -0.156. The van der Waals surface area contributed by atoms with E-state index in [-0.39, 0.29) is 37.4 Å². The van der Waals surface area contributed by atoms with E-state index >= 15 is 0 Å². The van der Waals surface area contributed by atoms with Crippen LogP contribution < -0.4 is 0 Å². The summed E-state index contributed by atoms with van der Waals surface area (Å²) >= 11 is 0. The van der Waals surface area contributed by atoms with E-state index in [0.717, 1.165) is 36.8 Å². The number of fused-ring (bicyclic) bond motifs is 4. The Kier molecular flexibility index (Phi) is 16.6. The predicted molar refractivity (Wildman–Crippen MR) is 188 cm³/mol. The number of rotatable bonds is 8. The number of hydrogen-bond acceptors (Lipinski definition) is 12. The highest BCUT2D eigenvalue weighted by molar-refractivity contribution is 7.80. The molecule has 4 saturated heterocycles. The van der Waals surface area contributed by atoms with Crippen LogP contribution in [0, 0.1) is 0 Å². The van der Waals surface area contributed by atoms with Crippen molar-refractivity contribution in [1.29, 1.82) is 0 Å². The van der Waals surface area contributed by atoms with Crippen molar-refractivity contribution in [3.8, 4) is 0 Å². The van der Waals surface area contributed by atoms with E-state index < -0.39 is 32.6 Å². The first-order chi connectivity index (χ1) is 24.4. The van der Waals surface area contributed by atoms with Crippen LogP contribution in [0.3, 0.4) is 0 Å². The lowest BCUT2D eigenvalue weighted by atomic mass is 9.98. The van der Waals surface area contributed by atoms with Crippen LogP contribution >= 0.6 is 0 Å². The Balaban J connectivity index is 0.000000223. The highest BCUT2D eigenvalue weighted by atomic mass is 32.3. The van der Waals surface area contributed by atoms with Crippen LogP contribution in [0.5, 0.6) is 0 Å². The maximum Gasteiger partial charge on any atom is 0.394 e. The van der Waals surface area contributed by atoms with Crippen molar-refractivity contribution >= 4 is 32.7 Å². The molecule has 0 radical (unpaired) electrons. The summed E-state index contributed by atoms with van der Waals surface area (Å²) < 4.78 is 74.6. The highest BCUT2D eigenvalue weighted by Gasteiger charge is 2.41. The summed E-state index contributed by atoms with van der Waals surface area (Å²) in [4.78, 5) is 29.6. The summed E-state index contributed by atoms with van der Waals surface area (Å²) in [6.07, 6.45) is 8.52. The van der Waals surface area contributed by atoms with E-state index in [4.69, 9.17) is 44.5 Å². The third kappa shape index (κ3) is 14.4. The zero-order chi connectivity index (χ0) is 38.6. The molecule has 4 aliphatic rings. The van der Waals surface area contributed by atoms with Crippen LogP contribution in [0.2, 0.25) is 0 Å². The number of aliphatic hydroxyl groups excluding tert-OH is 2. The summed E-state index contributed by atoms with van der Waals surface area (Å²) in [5, 5.41) is 19.1. The van der Waals surface area contributed by atoms with Gasteiger partial charge in [0, 0.05) is 24.2 Å². The lowest BCUT2D eigenvalue weighted by Gasteiger charge is -2.36. The second kappa shape index (κ2) is 19.9. The van der Waals surface area contributed by atoms with Crippen molar-refractivity contribution in [3.63, 3.8) is 0 Å². The molecule has 4 bridgehead atoms. The fourth-order valence-electron chi connectivity index (χ4n) is 7.41. The average molecular weight is 775 g/mol. The molecular weight excluding hydrogens is 725 g/mol. The molecule has 0 amide bonds. The number of carbonyl (C=O) groups is 2. The fourth-order valence-corrected chi connectivity index (χ4v) is 7.41. The van der Waals surface area contributed by atoms with Gasteiger partial charge in [0.05, 0.1) is 13.2 Å². The van der Waals surface area contributed by atoms with Gasteiger partial charge in [-0.15, -0.1) is 0 Å². The topological polar surface area (TPSA) is 249 Å². The highest BCUT2D eigenvalue weighted by Crippen LogP contribution is 2.37. The predicted octanol–water partition coefficient (Wildman–Crippen LogP) is 2.56. The molecule has 8 atom stereocenters. The van der Waals surface area contributed by atoms with Crippen LogP contribution in [0.4, 0.5) is 0 Å². The van der Waals surface area contributed by atoms with Gasteiger partial charge in [0.1, 0.15) is 24.0 Å². The molecule has 6 rings (SSSR count). The number of ether oxygens (including phenoxy) is 2. The van der Waals surface area contributed by atoms with Crippen LogP contribution in [0.25, 0.3) is 0 Å². The summed E-state index contributed by atoms with van der Waals surface area (Å²) in [6, 6.07) is 20.9. The second-order valence-corrected chi connectivity index (χ2v) is 15.1. The number of hydrogen-bond donors (Lipinski definition) is 6. The first kappa shape index (κ1) is 43.4. The number of aliphatic hydroxyl groups is 2. The van der Waals surface area contributed by atoms with Gasteiger partial charge in [-0.3, -0.25) is 27.8 Å². The minimum atomic E-state index is -4.67. The van der Waals surface area contributed by atoms with E-state index in [1.165, 1.54) is 25.7 Å². The normalized spacial score (nSPS) is 26.5. The quantitative estimate of drug-likeness (QED) is 0.167. The molecule has 0 aliphatic carbocycles. The van der Waals surface area contributed by atoms with Gasteiger partial charge in [-0.2, -0.15) is 16.8 Å². The van der Waals surface area contributed by atoms with E-state index in [0.29, 0.717) is 24.2 Å². The summed E-state index contributed by atoms with van der Waals surface area (Å²) in [5.41, 5.74) is 1.64. The van der Waals surface area contributed by atoms with Crippen LogP contribution in [-0.2, 0) is 39.9 Å². The molecule has 4 fully saturated rings. The Hall–Kier alpha value is -3.04.